The molecule has 0 aromatic heterocycles. The Hall–Kier alpha value is -3.25. The SMILES string of the molecule is CCC(=O)Nc1ccc(NCc2ccc(OCc3ccc(F)cc3Cl)c(OC)c2)cc1. The molecule has 0 radical (unpaired) electrons. The average molecular weight is 443 g/mol. The number of methoxy groups -OCH3 is 1. The van der Waals surface area contributed by atoms with E-state index >= 15 is 0 Å². The van der Waals surface area contributed by atoms with Crippen molar-refractivity contribution in [1.29, 1.82) is 0 Å². The van der Waals surface area contributed by atoms with Crippen molar-refractivity contribution in [2.24, 2.45) is 0 Å². The van der Waals surface area contributed by atoms with Gasteiger partial charge in [0.2, 0.25) is 5.91 Å². The molecule has 0 heterocycles. The highest BCUT2D eigenvalue weighted by Crippen LogP contribution is 2.30. The zero-order valence-electron chi connectivity index (χ0n) is 17.4. The van der Waals surface area contributed by atoms with Gasteiger partial charge in [-0.1, -0.05) is 30.7 Å². The van der Waals surface area contributed by atoms with E-state index in [0.29, 0.717) is 35.1 Å². The van der Waals surface area contributed by atoms with Gasteiger partial charge in [-0.2, -0.15) is 0 Å². The van der Waals surface area contributed by atoms with Gasteiger partial charge in [-0.25, -0.2) is 4.39 Å². The maximum absolute atomic E-state index is 13.2. The normalized spacial score (nSPS) is 10.5. The summed E-state index contributed by atoms with van der Waals surface area (Å²) in [6.07, 6.45) is 0.443. The van der Waals surface area contributed by atoms with Crippen molar-refractivity contribution in [2.45, 2.75) is 26.5 Å². The Kier molecular flexibility index (Phi) is 7.73. The Bertz CT molecular complexity index is 1040. The first-order chi connectivity index (χ1) is 15.0. The number of hydrogen-bond acceptors (Lipinski definition) is 4. The van der Waals surface area contributed by atoms with Gasteiger partial charge in [-0.3, -0.25) is 4.79 Å². The molecule has 0 fully saturated rings. The van der Waals surface area contributed by atoms with Crippen LogP contribution in [0.25, 0.3) is 0 Å². The number of rotatable bonds is 9. The van der Waals surface area contributed by atoms with Crippen LogP contribution >= 0.6 is 11.6 Å². The number of carbonyl (C=O) groups is 1. The fraction of sp³-hybridized carbons (Fsp3) is 0.208. The minimum atomic E-state index is -0.386. The fourth-order valence-corrected chi connectivity index (χ4v) is 3.08. The second-order valence-electron chi connectivity index (χ2n) is 6.84. The van der Waals surface area contributed by atoms with E-state index in [-0.39, 0.29) is 18.3 Å². The summed E-state index contributed by atoms with van der Waals surface area (Å²) in [6, 6.07) is 17.4. The van der Waals surface area contributed by atoms with Crippen LogP contribution in [0, 0.1) is 5.82 Å². The smallest absolute Gasteiger partial charge is 0.224 e. The van der Waals surface area contributed by atoms with Gasteiger partial charge in [-0.15, -0.1) is 0 Å². The van der Waals surface area contributed by atoms with Crippen LogP contribution in [0.2, 0.25) is 5.02 Å². The zero-order valence-corrected chi connectivity index (χ0v) is 18.1. The molecule has 0 spiro atoms. The van der Waals surface area contributed by atoms with Crippen molar-refractivity contribution in [3.63, 3.8) is 0 Å². The molecule has 0 saturated heterocycles. The number of anilines is 2. The van der Waals surface area contributed by atoms with Crippen LogP contribution in [0.1, 0.15) is 24.5 Å². The minimum Gasteiger partial charge on any atom is -0.493 e. The number of ether oxygens (including phenoxy) is 2. The monoisotopic (exact) mass is 442 g/mol. The standard InChI is InChI=1S/C24H24ClFN2O3/c1-3-24(29)28-20-9-7-19(8-10-20)27-14-16-4-11-22(23(12-16)30-2)31-15-17-5-6-18(26)13-21(17)25/h4-13,27H,3,14-15H2,1-2H3,(H,28,29). The molecule has 0 aliphatic heterocycles. The molecule has 5 nitrogen and oxygen atoms in total. The second-order valence-corrected chi connectivity index (χ2v) is 7.25. The maximum atomic E-state index is 13.2. The first kappa shape index (κ1) is 22.4. The number of carbonyl (C=O) groups excluding carboxylic acids is 1. The predicted octanol–water partition coefficient (Wildman–Crippen LogP) is 6.03. The van der Waals surface area contributed by atoms with E-state index in [4.69, 9.17) is 21.1 Å². The van der Waals surface area contributed by atoms with Crippen LogP contribution in [-0.4, -0.2) is 13.0 Å². The lowest BCUT2D eigenvalue weighted by molar-refractivity contribution is -0.115. The van der Waals surface area contributed by atoms with Crippen molar-refractivity contribution < 1.29 is 18.7 Å². The quantitative estimate of drug-likeness (QED) is 0.425. The highest BCUT2D eigenvalue weighted by Gasteiger charge is 2.09. The molecule has 31 heavy (non-hydrogen) atoms. The average Bonchev–Trinajstić information content (AvgIpc) is 2.78. The van der Waals surface area contributed by atoms with Gasteiger partial charge in [0.1, 0.15) is 12.4 Å². The van der Waals surface area contributed by atoms with Crippen molar-refractivity contribution in [1.82, 2.24) is 0 Å². The second kappa shape index (κ2) is 10.7. The fourth-order valence-electron chi connectivity index (χ4n) is 2.86. The maximum Gasteiger partial charge on any atom is 0.224 e. The molecule has 0 saturated carbocycles. The molecule has 0 aliphatic rings. The number of hydrogen-bond donors (Lipinski definition) is 2. The highest BCUT2D eigenvalue weighted by atomic mass is 35.5. The van der Waals surface area contributed by atoms with Crippen LogP contribution in [0.3, 0.4) is 0 Å². The van der Waals surface area contributed by atoms with Gasteiger partial charge in [0.15, 0.2) is 11.5 Å². The Balaban J connectivity index is 1.59. The number of nitrogens with one attached hydrogen (secondary N) is 2. The molecule has 3 rings (SSSR count). The first-order valence-electron chi connectivity index (χ1n) is 9.86. The van der Waals surface area contributed by atoms with Gasteiger partial charge in [0, 0.05) is 29.9 Å². The van der Waals surface area contributed by atoms with Crippen LogP contribution in [0.5, 0.6) is 11.5 Å². The van der Waals surface area contributed by atoms with Crippen LogP contribution in [0.15, 0.2) is 60.7 Å². The number of amides is 1. The molecule has 0 unspecified atom stereocenters. The summed E-state index contributed by atoms with van der Waals surface area (Å²) >= 11 is 6.06. The summed E-state index contributed by atoms with van der Waals surface area (Å²) in [6.45, 7) is 2.60. The van der Waals surface area contributed by atoms with Gasteiger partial charge in [-0.05, 0) is 54.1 Å². The molecule has 0 aliphatic carbocycles. The summed E-state index contributed by atoms with van der Waals surface area (Å²) in [5, 5.41) is 6.47. The van der Waals surface area contributed by atoms with E-state index in [0.717, 1.165) is 16.9 Å². The summed E-state index contributed by atoms with van der Waals surface area (Å²) in [5.74, 6) is 0.762. The lowest BCUT2D eigenvalue weighted by atomic mass is 10.2. The third-order valence-corrected chi connectivity index (χ3v) is 4.96. The van der Waals surface area contributed by atoms with Gasteiger partial charge in [0.25, 0.3) is 0 Å². The Morgan fingerprint density at radius 2 is 1.74 bits per heavy atom. The van der Waals surface area contributed by atoms with E-state index < -0.39 is 0 Å². The summed E-state index contributed by atoms with van der Waals surface area (Å²) < 4.78 is 24.5. The summed E-state index contributed by atoms with van der Waals surface area (Å²) in [7, 11) is 1.58. The van der Waals surface area contributed by atoms with E-state index in [1.54, 1.807) is 13.2 Å². The van der Waals surface area contributed by atoms with Gasteiger partial charge in [0.05, 0.1) is 12.1 Å². The Morgan fingerprint density at radius 1 is 1.00 bits per heavy atom. The van der Waals surface area contributed by atoms with E-state index in [1.165, 1.54) is 12.1 Å². The van der Waals surface area contributed by atoms with E-state index in [9.17, 15) is 9.18 Å². The van der Waals surface area contributed by atoms with Crippen molar-refractivity contribution in [2.75, 3.05) is 17.7 Å². The highest BCUT2D eigenvalue weighted by molar-refractivity contribution is 6.31. The van der Waals surface area contributed by atoms with Crippen LogP contribution in [0.4, 0.5) is 15.8 Å². The number of benzene rings is 3. The topological polar surface area (TPSA) is 59.6 Å². The summed E-state index contributed by atoms with van der Waals surface area (Å²) in [4.78, 5) is 11.5. The summed E-state index contributed by atoms with van der Waals surface area (Å²) in [5.41, 5.74) is 3.39. The minimum absolute atomic E-state index is 0.0168. The molecular weight excluding hydrogens is 419 g/mol. The van der Waals surface area contributed by atoms with Crippen LogP contribution in [-0.2, 0) is 17.9 Å². The van der Waals surface area contributed by atoms with Crippen LogP contribution < -0.4 is 20.1 Å². The lowest BCUT2D eigenvalue weighted by Crippen LogP contribution is -2.09. The third-order valence-electron chi connectivity index (χ3n) is 4.61. The molecule has 0 bridgehead atoms. The van der Waals surface area contributed by atoms with Gasteiger partial charge >= 0.3 is 0 Å². The van der Waals surface area contributed by atoms with E-state index in [2.05, 4.69) is 10.6 Å². The lowest BCUT2D eigenvalue weighted by Gasteiger charge is -2.14. The van der Waals surface area contributed by atoms with Gasteiger partial charge < -0.3 is 20.1 Å². The van der Waals surface area contributed by atoms with Crippen molar-refractivity contribution in [3.8, 4) is 11.5 Å². The predicted molar refractivity (Wildman–Crippen MR) is 121 cm³/mol. The van der Waals surface area contributed by atoms with Crippen molar-refractivity contribution in [3.05, 3.63) is 82.6 Å². The zero-order chi connectivity index (χ0) is 22.2. The molecule has 3 aromatic carbocycles. The number of halogens is 2. The molecule has 0 atom stereocenters. The molecule has 7 heteroatoms. The Labute approximate surface area is 186 Å². The largest absolute Gasteiger partial charge is 0.493 e. The van der Waals surface area contributed by atoms with E-state index in [1.807, 2.05) is 49.4 Å². The molecule has 162 valence electrons. The molecule has 3 aromatic rings. The first-order valence-corrected chi connectivity index (χ1v) is 10.2. The molecular formula is C24H24ClFN2O3. The Morgan fingerprint density at radius 3 is 2.42 bits per heavy atom. The molecule has 2 N–H and O–H groups in total. The molecule has 1 amide bonds. The van der Waals surface area contributed by atoms with Crippen molar-refractivity contribution >= 4 is 28.9 Å². The third kappa shape index (κ3) is 6.36.